The van der Waals surface area contributed by atoms with Gasteiger partial charge in [-0.25, -0.2) is 0 Å². The van der Waals surface area contributed by atoms with Crippen LogP contribution in [0.3, 0.4) is 0 Å². The smallest absolute Gasteiger partial charge is 0.269 e. The van der Waals surface area contributed by atoms with Crippen molar-refractivity contribution in [3.05, 3.63) is 17.5 Å². The lowest BCUT2D eigenvalue weighted by molar-refractivity contribution is 0.0607. The number of hydrogen-bond acceptors (Lipinski definition) is 4. The van der Waals surface area contributed by atoms with E-state index in [1.807, 2.05) is 17.7 Å². The monoisotopic (exact) mass is 311 g/mol. The zero-order valence-corrected chi connectivity index (χ0v) is 13.9. The average molecular weight is 311 g/mol. The number of aliphatic hydroxyl groups is 1. The Labute approximate surface area is 130 Å². The van der Waals surface area contributed by atoms with Gasteiger partial charge >= 0.3 is 0 Å². The van der Waals surface area contributed by atoms with Crippen LogP contribution in [0.4, 0.5) is 0 Å². The maximum absolute atomic E-state index is 12.4. The first-order valence-corrected chi connectivity index (χ1v) is 8.79. The second-order valence-corrected chi connectivity index (χ2v) is 6.90. The average Bonchev–Trinajstić information content (AvgIpc) is 3.05. The third kappa shape index (κ3) is 3.80. The van der Waals surface area contributed by atoms with Gasteiger partial charge < -0.3 is 10.4 Å². The summed E-state index contributed by atoms with van der Waals surface area (Å²) in [4.78, 5) is 12.4. The second-order valence-electron chi connectivity index (χ2n) is 5.80. The topological polar surface area (TPSA) is 67.2 Å². The number of aryl methyl sites for hydroxylation is 1. The molecule has 2 N–H and O–H groups in total. The molecule has 118 valence electrons. The van der Waals surface area contributed by atoms with E-state index >= 15 is 0 Å². The SMILES string of the molecule is CCC(CC)n1nc(C)cc1C(=O)NCC1(O)CCSC1. The first-order valence-electron chi connectivity index (χ1n) is 7.63. The molecule has 1 atom stereocenters. The highest BCUT2D eigenvalue weighted by Gasteiger charge is 2.32. The summed E-state index contributed by atoms with van der Waals surface area (Å²) in [5.74, 6) is 1.50. The van der Waals surface area contributed by atoms with Crippen molar-refractivity contribution in [2.45, 2.75) is 51.7 Å². The Morgan fingerprint density at radius 2 is 2.29 bits per heavy atom. The van der Waals surface area contributed by atoms with Crippen molar-refractivity contribution < 1.29 is 9.90 Å². The second kappa shape index (κ2) is 6.83. The number of hydrogen-bond donors (Lipinski definition) is 2. The fraction of sp³-hybridized carbons (Fsp3) is 0.733. The minimum Gasteiger partial charge on any atom is -0.387 e. The van der Waals surface area contributed by atoms with Crippen LogP contribution >= 0.6 is 11.8 Å². The Bertz CT molecular complexity index is 491. The zero-order valence-electron chi connectivity index (χ0n) is 13.1. The largest absolute Gasteiger partial charge is 0.387 e. The fourth-order valence-electron chi connectivity index (χ4n) is 2.67. The summed E-state index contributed by atoms with van der Waals surface area (Å²) < 4.78 is 1.83. The van der Waals surface area contributed by atoms with Crippen molar-refractivity contribution in [3.8, 4) is 0 Å². The molecular formula is C15H25N3O2S. The van der Waals surface area contributed by atoms with Gasteiger partial charge in [-0.1, -0.05) is 13.8 Å². The molecule has 1 aromatic rings. The van der Waals surface area contributed by atoms with E-state index in [4.69, 9.17) is 0 Å². The molecule has 1 aliphatic heterocycles. The van der Waals surface area contributed by atoms with Crippen molar-refractivity contribution in [3.63, 3.8) is 0 Å². The highest BCUT2D eigenvalue weighted by atomic mass is 32.2. The number of aromatic nitrogens is 2. The molecule has 0 spiro atoms. The minimum absolute atomic E-state index is 0.146. The van der Waals surface area contributed by atoms with Crippen molar-refractivity contribution in [1.82, 2.24) is 15.1 Å². The Morgan fingerprint density at radius 3 is 2.86 bits per heavy atom. The van der Waals surface area contributed by atoms with E-state index in [0.29, 0.717) is 18.0 Å². The number of thioether (sulfide) groups is 1. The summed E-state index contributed by atoms with van der Waals surface area (Å²) >= 11 is 1.73. The third-order valence-corrected chi connectivity index (χ3v) is 5.27. The molecule has 0 bridgehead atoms. The third-order valence-electron chi connectivity index (χ3n) is 4.04. The van der Waals surface area contributed by atoms with Crippen molar-refractivity contribution in [1.29, 1.82) is 0 Å². The number of amides is 1. The summed E-state index contributed by atoms with van der Waals surface area (Å²) in [6, 6.07) is 2.06. The molecule has 1 amide bonds. The summed E-state index contributed by atoms with van der Waals surface area (Å²) in [6.07, 6.45) is 2.62. The van der Waals surface area contributed by atoms with Crippen LogP contribution in [-0.4, -0.2) is 44.4 Å². The molecule has 0 saturated carbocycles. The fourth-order valence-corrected chi connectivity index (χ4v) is 3.97. The van der Waals surface area contributed by atoms with Crippen LogP contribution in [0.1, 0.15) is 55.3 Å². The number of nitrogens with one attached hydrogen (secondary N) is 1. The van der Waals surface area contributed by atoms with E-state index in [2.05, 4.69) is 24.3 Å². The molecule has 2 rings (SSSR count). The van der Waals surface area contributed by atoms with Gasteiger partial charge in [-0.2, -0.15) is 16.9 Å². The first-order chi connectivity index (χ1) is 9.99. The molecule has 1 aliphatic rings. The molecule has 1 aromatic heterocycles. The van der Waals surface area contributed by atoms with Crippen LogP contribution in [0.2, 0.25) is 0 Å². The lowest BCUT2D eigenvalue weighted by atomic mass is 10.0. The Morgan fingerprint density at radius 1 is 1.57 bits per heavy atom. The normalized spacial score (nSPS) is 22.0. The van der Waals surface area contributed by atoms with Gasteiger partial charge in [-0.3, -0.25) is 9.48 Å². The summed E-state index contributed by atoms with van der Waals surface area (Å²) in [5.41, 5.74) is 0.687. The highest BCUT2D eigenvalue weighted by molar-refractivity contribution is 7.99. The van der Waals surface area contributed by atoms with Gasteiger partial charge in [0.2, 0.25) is 0 Å². The van der Waals surface area contributed by atoms with Crippen LogP contribution in [0.25, 0.3) is 0 Å². The van der Waals surface area contributed by atoms with Crippen molar-refractivity contribution in [2.24, 2.45) is 0 Å². The van der Waals surface area contributed by atoms with Crippen LogP contribution in [0, 0.1) is 6.92 Å². The molecule has 0 aliphatic carbocycles. The quantitative estimate of drug-likeness (QED) is 0.845. The standard InChI is InChI=1S/C15H25N3O2S/c1-4-12(5-2)18-13(8-11(3)17-18)14(19)16-9-15(20)6-7-21-10-15/h8,12,20H,4-7,9-10H2,1-3H3,(H,16,19). The van der Waals surface area contributed by atoms with E-state index in [-0.39, 0.29) is 11.9 Å². The molecule has 21 heavy (non-hydrogen) atoms. The molecule has 6 heteroatoms. The van der Waals surface area contributed by atoms with Crippen LogP contribution < -0.4 is 5.32 Å². The lowest BCUT2D eigenvalue weighted by Crippen LogP contribution is -2.43. The minimum atomic E-state index is -0.755. The molecule has 1 unspecified atom stereocenters. The van der Waals surface area contributed by atoms with Crippen LogP contribution in [0.15, 0.2) is 6.07 Å². The van der Waals surface area contributed by atoms with Gasteiger partial charge in [0, 0.05) is 12.3 Å². The Hall–Kier alpha value is -1.01. The van der Waals surface area contributed by atoms with E-state index < -0.39 is 5.60 Å². The van der Waals surface area contributed by atoms with E-state index in [1.165, 1.54) is 0 Å². The Balaban J connectivity index is 2.08. The summed E-state index contributed by atoms with van der Waals surface area (Å²) in [5, 5.41) is 17.6. The molecule has 0 radical (unpaired) electrons. The van der Waals surface area contributed by atoms with Gasteiger partial charge in [0.25, 0.3) is 5.91 Å². The number of carbonyl (C=O) groups is 1. The molecular weight excluding hydrogens is 286 g/mol. The maximum Gasteiger partial charge on any atom is 0.269 e. The van der Waals surface area contributed by atoms with E-state index in [1.54, 1.807) is 11.8 Å². The lowest BCUT2D eigenvalue weighted by Gasteiger charge is -2.22. The predicted molar refractivity (Wildman–Crippen MR) is 85.8 cm³/mol. The van der Waals surface area contributed by atoms with Gasteiger partial charge in [-0.05, 0) is 38.0 Å². The number of carbonyl (C=O) groups excluding carboxylic acids is 1. The first kappa shape index (κ1) is 16.4. The number of rotatable bonds is 6. The van der Waals surface area contributed by atoms with Gasteiger partial charge in [0.15, 0.2) is 0 Å². The molecule has 1 fully saturated rings. The summed E-state index contributed by atoms with van der Waals surface area (Å²) in [7, 11) is 0. The predicted octanol–water partition coefficient (Wildman–Crippen LogP) is 2.15. The maximum atomic E-state index is 12.4. The van der Waals surface area contributed by atoms with Gasteiger partial charge in [0.05, 0.1) is 17.3 Å². The van der Waals surface area contributed by atoms with Crippen LogP contribution in [0.5, 0.6) is 0 Å². The van der Waals surface area contributed by atoms with E-state index in [0.717, 1.165) is 30.7 Å². The Kier molecular flexibility index (Phi) is 5.32. The molecule has 2 heterocycles. The van der Waals surface area contributed by atoms with Gasteiger partial charge in [0.1, 0.15) is 5.69 Å². The van der Waals surface area contributed by atoms with Gasteiger partial charge in [-0.15, -0.1) is 0 Å². The molecule has 0 aromatic carbocycles. The van der Waals surface area contributed by atoms with Crippen LogP contribution in [-0.2, 0) is 0 Å². The molecule has 1 saturated heterocycles. The summed E-state index contributed by atoms with van der Waals surface area (Å²) in [6.45, 7) is 6.42. The number of nitrogens with zero attached hydrogens (tertiary/aromatic N) is 2. The van der Waals surface area contributed by atoms with Crippen molar-refractivity contribution >= 4 is 17.7 Å². The molecule has 5 nitrogen and oxygen atoms in total. The van der Waals surface area contributed by atoms with Crippen molar-refractivity contribution in [2.75, 3.05) is 18.1 Å². The zero-order chi connectivity index (χ0) is 15.5. The van der Waals surface area contributed by atoms with E-state index in [9.17, 15) is 9.90 Å². The highest BCUT2D eigenvalue weighted by Crippen LogP contribution is 2.27.